The van der Waals surface area contributed by atoms with E-state index in [9.17, 15) is 4.79 Å². The number of carbonyl (C=O) groups is 1. The van der Waals surface area contributed by atoms with Gasteiger partial charge in [-0.05, 0) is 73.7 Å². The fourth-order valence-corrected chi connectivity index (χ4v) is 4.33. The van der Waals surface area contributed by atoms with Crippen molar-refractivity contribution < 1.29 is 9.53 Å². The summed E-state index contributed by atoms with van der Waals surface area (Å²) in [6.07, 6.45) is 2.18. The summed E-state index contributed by atoms with van der Waals surface area (Å²) in [4.78, 5) is 15.0. The maximum absolute atomic E-state index is 13.0. The molecule has 2 aliphatic heterocycles. The SMILES string of the molecule is O=C(c1cccc(OCc2cccc(Cl)c2)c1)N1CC[C@@H]2CNC[C@@H]2CC1. The summed E-state index contributed by atoms with van der Waals surface area (Å²) in [7, 11) is 0. The molecule has 2 aliphatic rings. The largest absolute Gasteiger partial charge is 0.489 e. The first-order chi connectivity index (χ1) is 13.2. The van der Waals surface area contributed by atoms with Crippen molar-refractivity contribution in [2.75, 3.05) is 26.2 Å². The molecule has 0 aromatic heterocycles. The van der Waals surface area contributed by atoms with Crippen molar-refractivity contribution in [3.05, 3.63) is 64.7 Å². The van der Waals surface area contributed by atoms with Gasteiger partial charge in [0.25, 0.3) is 5.91 Å². The summed E-state index contributed by atoms with van der Waals surface area (Å²) in [6.45, 7) is 4.31. The molecule has 2 atom stereocenters. The molecule has 142 valence electrons. The lowest BCUT2D eigenvalue weighted by atomic mass is 9.92. The number of nitrogens with zero attached hydrogens (tertiary/aromatic N) is 1. The van der Waals surface area contributed by atoms with Crippen LogP contribution in [-0.4, -0.2) is 37.0 Å². The number of likely N-dealkylation sites (tertiary alicyclic amines) is 1. The fourth-order valence-electron chi connectivity index (χ4n) is 4.12. The zero-order valence-electron chi connectivity index (χ0n) is 15.4. The van der Waals surface area contributed by atoms with E-state index in [2.05, 4.69) is 5.32 Å². The number of fused-ring (bicyclic) bond motifs is 1. The highest BCUT2D eigenvalue weighted by molar-refractivity contribution is 6.30. The Labute approximate surface area is 165 Å². The molecule has 5 heteroatoms. The first-order valence-corrected chi connectivity index (χ1v) is 10.0. The molecule has 2 fully saturated rings. The molecular formula is C22H25ClN2O2. The van der Waals surface area contributed by atoms with Crippen molar-refractivity contribution in [2.45, 2.75) is 19.4 Å². The van der Waals surface area contributed by atoms with Crippen molar-refractivity contribution in [3.63, 3.8) is 0 Å². The van der Waals surface area contributed by atoms with Crippen LogP contribution >= 0.6 is 11.6 Å². The first kappa shape index (κ1) is 18.3. The van der Waals surface area contributed by atoms with Gasteiger partial charge in [-0.15, -0.1) is 0 Å². The molecule has 2 aromatic rings. The number of halogens is 1. The Bertz CT molecular complexity index is 796. The molecule has 0 spiro atoms. The Hall–Kier alpha value is -2.04. The van der Waals surface area contributed by atoms with Crippen LogP contribution in [0.2, 0.25) is 5.02 Å². The van der Waals surface area contributed by atoms with Crippen LogP contribution in [0.3, 0.4) is 0 Å². The van der Waals surface area contributed by atoms with Crippen LogP contribution in [0.5, 0.6) is 5.75 Å². The molecule has 0 bridgehead atoms. The van der Waals surface area contributed by atoms with Gasteiger partial charge in [0.05, 0.1) is 0 Å². The van der Waals surface area contributed by atoms with Gasteiger partial charge in [-0.25, -0.2) is 0 Å². The third-order valence-electron chi connectivity index (χ3n) is 5.68. The Morgan fingerprint density at radius 2 is 1.81 bits per heavy atom. The molecule has 0 radical (unpaired) electrons. The summed E-state index contributed by atoms with van der Waals surface area (Å²) in [6, 6.07) is 15.1. The van der Waals surface area contributed by atoms with Gasteiger partial charge in [0, 0.05) is 23.7 Å². The number of benzene rings is 2. The van der Waals surface area contributed by atoms with Crippen LogP contribution in [0.15, 0.2) is 48.5 Å². The zero-order valence-corrected chi connectivity index (χ0v) is 16.1. The Morgan fingerprint density at radius 1 is 1.07 bits per heavy atom. The standard InChI is InChI=1S/C22H25ClN2O2/c23-20-5-1-3-16(11-20)15-27-21-6-2-4-17(12-21)22(26)25-9-7-18-13-24-14-19(18)8-10-25/h1-6,11-12,18-19,24H,7-10,13-15H2/t18-,19+. The predicted octanol–water partition coefficient (Wildman–Crippen LogP) is 3.99. The van der Waals surface area contributed by atoms with Gasteiger partial charge in [0.15, 0.2) is 0 Å². The van der Waals surface area contributed by atoms with Gasteiger partial charge < -0.3 is 15.0 Å². The van der Waals surface area contributed by atoms with E-state index >= 15 is 0 Å². The maximum Gasteiger partial charge on any atom is 0.253 e. The molecular weight excluding hydrogens is 360 g/mol. The van der Waals surface area contributed by atoms with E-state index in [1.54, 1.807) is 0 Å². The molecule has 1 N–H and O–H groups in total. The second kappa shape index (κ2) is 8.32. The number of nitrogens with one attached hydrogen (secondary N) is 1. The Kier molecular flexibility index (Phi) is 5.65. The summed E-state index contributed by atoms with van der Waals surface area (Å²) >= 11 is 6.02. The van der Waals surface area contributed by atoms with Gasteiger partial charge >= 0.3 is 0 Å². The van der Waals surface area contributed by atoms with Crippen molar-refractivity contribution in [1.82, 2.24) is 10.2 Å². The van der Waals surface area contributed by atoms with E-state index in [-0.39, 0.29) is 5.91 Å². The van der Waals surface area contributed by atoms with Gasteiger partial charge in [0.2, 0.25) is 0 Å². The lowest BCUT2D eigenvalue weighted by Crippen LogP contribution is -2.32. The highest BCUT2D eigenvalue weighted by Gasteiger charge is 2.31. The van der Waals surface area contributed by atoms with Crippen molar-refractivity contribution in [1.29, 1.82) is 0 Å². The minimum absolute atomic E-state index is 0.108. The third kappa shape index (κ3) is 4.45. The first-order valence-electron chi connectivity index (χ1n) is 9.66. The average Bonchev–Trinajstić information content (AvgIpc) is 3.04. The van der Waals surface area contributed by atoms with Crippen molar-refractivity contribution in [3.8, 4) is 5.75 Å². The van der Waals surface area contributed by atoms with Crippen LogP contribution < -0.4 is 10.1 Å². The molecule has 2 heterocycles. The molecule has 2 saturated heterocycles. The number of hydrogen-bond donors (Lipinski definition) is 1. The number of rotatable bonds is 4. The van der Waals surface area contributed by atoms with Crippen LogP contribution in [0, 0.1) is 11.8 Å². The lowest BCUT2D eigenvalue weighted by molar-refractivity contribution is 0.0758. The van der Waals surface area contributed by atoms with E-state index in [1.165, 1.54) is 0 Å². The smallest absolute Gasteiger partial charge is 0.253 e. The summed E-state index contributed by atoms with van der Waals surface area (Å²) < 4.78 is 5.87. The minimum atomic E-state index is 0.108. The number of carbonyl (C=O) groups excluding carboxylic acids is 1. The predicted molar refractivity (Wildman–Crippen MR) is 107 cm³/mol. The van der Waals surface area contributed by atoms with Gasteiger partial charge in [-0.2, -0.15) is 0 Å². The van der Waals surface area contributed by atoms with Gasteiger partial charge in [-0.1, -0.05) is 29.8 Å². The minimum Gasteiger partial charge on any atom is -0.489 e. The molecule has 27 heavy (non-hydrogen) atoms. The topological polar surface area (TPSA) is 41.6 Å². The summed E-state index contributed by atoms with van der Waals surface area (Å²) in [5.74, 6) is 2.25. The van der Waals surface area contributed by atoms with Crippen LogP contribution in [0.1, 0.15) is 28.8 Å². The second-order valence-electron chi connectivity index (χ2n) is 7.49. The number of amides is 1. The molecule has 0 unspecified atom stereocenters. The lowest BCUT2D eigenvalue weighted by Gasteiger charge is -2.21. The zero-order chi connectivity index (χ0) is 18.6. The van der Waals surface area contributed by atoms with E-state index in [0.29, 0.717) is 22.9 Å². The third-order valence-corrected chi connectivity index (χ3v) is 5.92. The van der Waals surface area contributed by atoms with Crippen molar-refractivity contribution >= 4 is 17.5 Å². The highest BCUT2D eigenvalue weighted by atomic mass is 35.5. The quantitative estimate of drug-likeness (QED) is 0.866. The fraction of sp³-hybridized carbons (Fsp3) is 0.409. The molecule has 2 aromatic carbocycles. The Balaban J connectivity index is 1.40. The number of ether oxygens (including phenoxy) is 1. The molecule has 0 saturated carbocycles. The summed E-state index contributed by atoms with van der Waals surface area (Å²) in [5, 5.41) is 4.17. The van der Waals surface area contributed by atoms with E-state index in [1.807, 2.05) is 53.4 Å². The van der Waals surface area contributed by atoms with Crippen LogP contribution in [0.25, 0.3) is 0 Å². The van der Waals surface area contributed by atoms with E-state index in [0.717, 1.165) is 56.4 Å². The molecule has 0 aliphatic carbocycles. The van der Waals surface area contributed by atoms with E-state index < -0.39 is 0 Å². The second-order valence-corrected chi connectivity index (χ2v) is 7.93. The van der Waals surface area contributed by atoms with Crippen LogP contribution in [-0.2, 0) is 6.61 Å². The average molecular weight is 385 g/mol. The summed E-state index contributed by atoms with van der Waals surface area (Å²) in [5.41, 5.74) is 1.70. The molecule has 1 amide bonds. The highest BCUT2D eigenvalue weighted by Crippen LogP contribution is 2.28. The monoisotopic (exact) mass is 384 g/mol. The number of hydrogen-bond acceptors (Lipinski definition) is 3. The maximum atomic E-state index is 13.0. The Morgan fingerprint density at radius 3 is 2.56 bits per heavy atom. The van der Waals surface area contributed by atoms with Gasteiger partial charge in [0.1, 0.15) is 12.4 Å². The normalized spacial score (nSPS) is 22.2. The van der Waals surface area contributed by atoms with Crippen molar-refractivity contribution in [2.24, 2.45) is 11.8 Å². The van der Waals surface area contributed by atoms with E-state index in [4.69, 9.17) is 16.3 Å². The molecule has 4 rings (SSSR count). The van der Waals surface area contributed by atoms with Crippen LogP contribution in [0.4, 0.5) is 0 Å². The van der Waals surface area contributed by atoms with Gasteiger partial charge in [-0.3, -0.25) is 4.79 Å². The molecule has 4 nitrogen and oxygen atoms in total.